The Morgan fingerprint density at radius 1 is 1.26 bits per heavy atom. The molecule has 7 nitrogen and oxygen atoms in total. The predicted octanol–water partition coefficient (Wildman–Crippen LogP) is 3.11. The number of nitrogens with one attached hydrogen (secondary N) is 3. The van der Waals surface area contributed by atoms with E-state index in [0.29, 0.717) is 29.6 Å². The van der Waals surface area contributed by atoms with Gasteiger partial charge in [-0.3, -0.25) is 10.4 Å². The molecule has 1 aromatic heterocycles. The average molecular weight is 374 g/mol. The third kappa shape index (κ3) is 3.74. The van der Waals surface area contributed by atoms with E-state index in [1.807, 2.05) is 0 Å². The molecule has 2 aromatic carbocycles. The number of hydrogen-bond donors (Lipinski definition) is 3. The number of hydrogen-bond acceptors (Lipinski definition) is 5. The van der Waals surface area contributed by atoms with E-state index in [1.165, 1.54) is 30.3 Å². The van der Waals surface area contributed by atoms with Crippen molar-refractivity contribution in [3.8, 4) is 5.88 Å². The fourth-order valence-electron chi connectivity index (χ4n) is 2.88. The lowest BCUT2D eigenvalue weighted by atomic mass is 10.1. The first-order chi connectivity index (χ1) is 13.1. The Balaban J connectivity index is 1.45. The van der Waals surface area contributed by atoms with Crippen molar-refractivity contribution in [3.63, 3.8) is 0 Å². The van der Waals surface area contributed by atoms with Crippen LogP contribution in [-0.4, -0.2) is 36.0 Å². The van der Waals surface area contributed by atoms with Crippen LogP contribution in [0.4, 0.5) is 19.3 Å². The van der Waals surface area contributed by atoms with E-state index in [1.54, 1.807) is 6.07 Å². The second kappa shape index (κ2) is 7.29. The Morgan fingerprint density at radius 3 is 2.93 bits per heavy atom. The number of halogens is 2. The fraction of sp³-hybridized carbons (Fsp3) is 0.222. The van der Waals surface area contributed by atoms with Crippen molar-refractivity contribution in [2.24, 2.45) is 0 Å². The normalized spacial score (nSPS) is 17.0. The molecule has 0 spiro atoms. The molecule has 2 heterocycles. The van der Waals surface area contributed by atoms with Gasteiger partial charge in [0.1, 0.15) is 11.6 Å². The topological polar surface area (TPSA) is 88.3 Å². The molecule has 0 radical (unpaired) electrons. The first-order valence-corrected chi connectivity index (χ1v) is 8.34. The Bertz CT molecular complexity index is 986. The molecule has 1 fully saturated rings. The van der Waals surface area contributed by atoms with Crippen molar-refractivity contribution in [3.05, 3.63) is 53.6 Å². The zero-order valence-corrected chi connectivity index (χ0v) is 14.1. The number of carbonyl (C=O) groups is 1. The van der Waals surface area contributed by atoms with E-state index in [-0.39, 0.29) is 17.7 Å². The number of fused-ring (bicyclic) bond motifs is 1. The molecule has 1 saturated heterocycles. The minimum atomic E-state index is -0.907. The molecule has 0 bridgehead atoms. The SMILES string of the molecule is O=C(Nc1ccc([C@H]2CNCCO2)cc1F)Oc1n[nH]c2cc(F)ccc12. The summed E-state index contributed by atoms with van der Waals surface area (Å²) in [5.41, 5.74) is 1.03. The molecule has 9 heteroatoms. The largest absolute Gasteiger partial charge is 0.418 e. The van der Waals surface area contributed by atoms with Gasteiger partial charge in [0, 0.05) is 13.1 Å². The highest BCUT2D eigenvalue weighted by Crippen LogP contribution is 2.25. The number of ether oxygens (including phenoxy) is 2. The second-order valence-corrected chi connectivity index (χ2v) is 6.04. The number of anilines is 1. The number of amides is 1. The molecule has 27 heavy (non-hydrogen) atoms. The lowest BCUT2D eigenvalue weighted by molar-refractivity contribution is 0.0275. The van der Waals surface area contributed by atoms with Gasteiger partial charge >= 0.3 is 6.09 Å². The third-order valence-corrected chi connectivity index (χ3v) is 4.21. The Kier molecular flexibility index (Phi) is 4.69. The summed E-state index contributed by atoms with van der Waals surface area (Å²) in [4.78, 5) is 12.1. The van der Waals surface area contributed by atoms with E-state index in [2.05, 4.69) is 20.8 Å². The summed E-state index contributed by atoms with van der Waals surface area (Å²) in [5, 5.41) is 12.3. The van der Waals surface area contributed by atoms with Gasteiger partial charge in [-0.25, -0.2) is 13.6 Å². The molecule has 4 rings (SSSR count). The average Bonchev–Trinajstić information content (AvgIpc) is 3.05. The number of nitrogens with zero attached hydrogens (tertiary/aromatic N) is 1. The zero-order chi connectivity index (χ0) is 18.8. The van der Waals surface area contributed by atoms with Gasteiger partial charge in [-0.2, -0.15) is 0 Å². The first kappa shape index (κ1) is 17.4. The molecule has 1 aliphatic rings. The van der Waals surface area contributed by atoms with Crippen LogP contribution in [0.5, 0.6) is 5.88 Å². The van der Waals surface area contributed by atoms with Crippen molar-refractivity contribution in [2.45, 2.75) is 6.10 Å². The standard InChI is InChI=1S/C18H16F2N4O3/c19-11-2-3-12-15(8-11)23-24-17(12)27-18(25)22-14-4-1-10(7-13(14)20)16-9-21-5-6-26-16/h1-4,7-8,16,21H,5-6,9H2,(H,22,25)(H,23,24)/t16-/m1/s1. The highest BCUT2D eigenvalue weighted by Gasteiger charge is 2.18. The molecular formula is C18H16F2N4O3. The minimum absolute atomic E-state index is 0.0267. The molecule has 3 N–H and O–H groups in total. The van der Waals surface area contributed by atoms with Gasteiger partial charge in [0.15, 0.2) is 0 Å². The van der Waals surface area contributed by atoms with Crippen LogP contribution in [-0.2, 0) is 4.74 Å². The van der Waals surface area contributed by atoms with Gasteiger partial charge in [0.25, 0.3) is 5.88 Å². The van der Waals surface area contributed by atoms with Crippen LogP contribution in [0, 0.1) is 11.6 Å². The summed E-state index contributed by atoms with van der Waals surface area (Å²) in [6.07, 6.45) is -1.14. The lowest BCUT2D eigenvalue weighted by Crippen LogP contribution is -2.33. The smallest absolute Gasteiger partial charge is 0.389 e. The highest BCUT2D eigenvalue weighted by molar-refractivity contribution is 5.90. The van der Waals surface area contributed by atoms with Crippen molar-refractivity contribution in [2.75, 3.05) is 25.0 Å². The lowest BCUT2D eigenvalue weighted by Gasteiger charge is -2.24. The van der Waals surface area contributed by atoms with Crippen LogP contribution in [0.3, 0.4) is 0 Å². The quantitative estimate of drug-likeness (QED) is 0.656. The van der Waals surface area contributed by atoms with Gasteiger partial charge in [-0.1, -0.05) is 6.07 Å². The van der Waals surface area contributed by atoms with Gasteiger partial charge in [-0.05, 0) is 35.9 Å². The number of benzene rings is 2. The third-order valence-electron chi connectivity index (χ3n) is 4.21. The summed E-state index contributed by atoms with van der Waals surface area (Å²) in [6, 6.07) is 8.34. The van der Waals surface area contributed by atoms with Gasteiger partial charge < -0.3 is 14.8 Å². The molecule has 0 aliphatic carbocycles. The number of aromatic nitrogens is 2. The van der Waals surface area contributed by atoms with E-state index >= 15 is 0 Å². The van der Waals surface area contributed by atoms with Crippen LogP contribution >= 0.6 is 0 Å². The molecular weight excluding hydrogens is 358 g/mol. The van der Waals surface area contributed by atoms with Crippen molar-refractivity contribution in [1.29, 1.82) is 0 Å². The van der Waals surface area contributed by atoms with Crippen molar-refractivity contribution in [1.82, 2.24) is 15.5 Å². The summed E-state index contributed by atoms with van der Waals surface area (Å²) in [6.45, 7) is 1.92. The summed E-state index contributed by atoms with van der Waals surface area (Å²) < 4.78 is 38.2. The van der Waals surface area contributed by atoms with E-state index in [4.69, 9.17) is 9.47 Å². The van der Waals surface area contributed by atoms with Crippen LogP contribution < -0.4 is 15.4 Å². The number of H-pyrrole nitrogens is 1. The zero-order valence-electron chi connectivity index (χ0n) is 14.1. The molecule has 140 valence electrons. The highest BCUT2D eigenvalue weighted by atomic mass is 19.1. The molecule has 0 unspecified atom stereocenters. The molecule has 1 amide bonds. The Labute approximate surface area is 152 Å². The minimum Gasteiger partial charge on any atom is -0.389 e. The molecule has 1 atom stereocenters. The number of aromatic amines is 1. The maximum absolute atomic E-state index is 14.3. The number of rotatable bonds is 3. The fourth-order valence-corrected chi connectivity index (χ4v) is 2.88. The van der Waals surface area contributed by atoms with Crippen molar-refractivity contribution < 1.29 is 23.0 Å². The first-order valence-electron chi connectivity index (χ1n) is 8.34. The van der Waals surface area contributed by atoms with Crippen LogP contribution in [0.1, 0.15) is 11.7 Å². The summed E-state index contributed by atoms with van der Waals surface area (Å²) in [7, 11) is 0. The summed E-state index contributed by atoms with van der Waals surface area (Å²) >= 11 is 0. The Hall–Kier alpha value is -3.04. The van der Waals surface area contributed by atoms with Gasteiger partial charge in [0.05, 0.1) is 29.3 Å². The molecule has 1 aliphatic heterocycles. The predicted molar refractivity (Wildman–Crippen MR) is 93.7 cm³/mol. The number of morpholine rings is 1. The maximum Gasteiger partial charge on any atom is 0.418 e. The maximum atomic E-state index is 14.3. The van der Waals surface area contributed by atoms with Crippen LogP contribution in [0.15, 0.2) is 36.4 Å². The summed E-state index contributed by atoms with van der Waals surface area (Å²) in [5.74, 6) is -1.07. The molecule has 3 aromatic rings. The van der Waals surface area contributed by atoms with E-state index in [9.17, 15) is 13.6 Å². The van der Waals surface area contributed by atoms with Crippen LogP contribution in [0.25, 0.3) is 10.9 Å². The second-order valence-electron chi connectivity index (χ2n) is 6.04. The van der Waals surface area contributed by atoms with E-state index in [0.717, 1.165) is 6.54 Å². The number of carbonyl (C=O) groups excluding carboxylic acids is 1. The Morgan fingerprint density at radius 2 is 2.15 bits per heavy atom. The van der Waals surface area contributed by atoms with Crippen LogP contribution in [0.2, 0.25) is 0 Å². The van der Waals surface area contributed by atoms with Gasteiger partial charge in [-0.15, -0.1) is 5.10 Å². The van der Waals surface area contributed by atoms with Gasteiger partial charge in [0.2, 0.25) is 0 Å². The molecule has 0 saturated carbocycles. The monoisotopic (exact) mass is 374 g/mol. The van der Waals surface area contributed by atoms with E-state index < -0.39 is 17.7 Å². The van der Waals surface area contributed by atoms with Crippen molar-refractivity contribution >= 4 is 22.7 Å².